The molecule has 1 saturated heterocycles. The summed E-state index contributed by atoms with van der Waals surface area (Å²) in [4.78, 5) is 11.3. The number of aliphatic hydroxyl groups is 1. The molecule has 0 bridgehead atoms. The minimum atomic E-state index is -0.382. The molecule has 0 aromatic heterocycles. The van der Waals surface area contributed by atoms with Gasteiger partial charge < -0.3 is 14.6 Å². The van der Waals surface area contributed by atoms with E-state index in [-0.39, 0.29) is 29.0 Å². The van der Waals surface area contributed by atoms with E-state index in [4.69, 9.17) is 32.7 Å². The molecule has 192 valence electrons. The molecular formula is C29H38Cl2O4. The van der Waals surface area contributed by atoms with Gasteiger partial charge in [0.2, 0.25) is 0 Å². The van der Waals surface area contributed by atoms with Crippen LogP contribution in [-0.2, 0) is 21.4 Å². The van der Waals surface area contributed by atoms with Crippen molar-refractivity contribution in [2.75, 3.05) is 6.61 Å². The maximum absolute atomic E-state index is 11.3. The van der Waals surface area contributed by atoms with E-state index in [0.717, 1.165) is 41.0 Å². The number of aliphatic hydroxyl groups excluding tert-OH is 1. The van der Waals surface area contributed by atoms with E-state index < -0.39 is 0 Å². The summed E-state index contributed by atoms with van der Waals surface area (Å²) in [5.41, 5.74) is 2.92. The number of aryl methyl sites for hydroxylation is 1. The van der Waals surface area contributed by atoms with Gasteiger partial charge in [0.15, 0.2) is 0 Å². The van der Waals surface area contributed by atoms with Crippen LogP contribution in [0, 0.1) is 5.41 Å². The molecule has 1 aliphatic heterocycles. The van der Waals surface area contributed by atoms with Gasteiger partial charge >= 0.3 is 5.97 Å². The number of ether oxygens (including phenoxy) is 2. The summed E-state index contributed by atoms with van der Waals surface area (Å²) in [6, 6.07) is 12.3. The van der Waals surface area contributed by atoms with E-state index in [2.05, 4.69) is 38.1 Å². The van der Waals surface area contributed by atoms with E-state index >= 15 is 0 Å². The summed E-state index contributed by atoms with van der Waals surface area (Å²) in [5, 5.41) is 11.7. The smallest absolute Gasteiger partial charge is 0.306 e. The first-order chi connectivity index (χ1) is 16.5. The molecule has 3 rings (SSSR count). The zero-order valence-corrected chi connectivity index (χ0v) is 23.0. The Bertz CT molecular complexity index is 1020. The Hall–Kier alpha value is -1.75. The Morgan fingerprint density at radius 3 is 2.20 bits per heavy atom. The molecule has 0 unspecified atom stereocenters. The molecule has 0 spiro atoms. The van der Waals surface area contributed by atoms with Crippen LogP contribution in [0.25, 0.3) is 0 Å². The number of halogens is 2. The fraction of sp³-hybridized carbons (Fsp3) is 0.552. The van der Waals surface area contributed by atoms with E-state index in [1.807, 2.05) is 32.9 Å². The Kier molecular flexibility index (Phi) is 9.17. The van der Waals surface area contributed by atoms with Crippen LogP contribution in [0.5, 0.6) is 5.75 Å². The molecule has 1 heterocycles. The molecule has 0 saturated carbocycles. The highest BCUT2D eigenvalue weighted by Crippen LogP contribution is 2.42. The second kappa shape index (κ2) is 11.5. The maximum Gasteiger partial charge on any atom is 0.306 e. The van der Waals surface area contributed by atoms with E-state index in [1.54, 1.807) is 0 Å². The quantitative estimate of drug-likeness (QED) is 0.329. The first kappa shape index (κ1) is 27.8. The number of cyclic esters (lactones) is 1. The first-order valence-electron chi connectivity index (χ1n) is 12.6. The van der Waals surface area contributed by atoms with Crippen LogP contribution in [-0.4, -0.2) is 29.9 Å². The average Bonchev–Trinajstić information content (AvgIpc) is 3.23. The van der Waals surface area contributed by atoms with Crippen LogP contribution in [0.2, 0.25) is 10.0 Å². The Morgan fingerprint density at radius 1 is 1.06 bits per heavy atom. The normalized spacial score (nSPS) is 17.4. The number of benzene rings is 2. The van der Waals surface area contributed by atoms with Gasteiger partial charge in [0, 0.05) is 16.9 Å². The SMILES string of the molecule is CCC(CC)(c1ccc(CC[C@@H](O)C(C)(C)C)c(Cl)c1)c1ccc(OC[C@H]2CCC(=O)O2)c(Cl)c1. The topological polar surface area (TPSA) is 55.8 Å². The van der Waals surface area contributed by atoms with Gasteiger partial charge in [0.1, 0.15) is 18.5 Å². The minimum Gasteiger partial charge on any atom is -0.488 e. The molecule has 35 heavy (non-hydrogen) atoms. The predicted molar refractivity (Wildman–Crippen MR) is 143 cm³/mol. The molecule has 0 radical (unpaired) electrons. The van der Waals surface area contributed by atoms with Gasteiger partial charge in [-0.2, -0.15) is 0 Å². The summed E-state index contributed by atoms with van der Waals surface area (Å²) in [6.07, 6.45) is 3.70. The molecule has 0 aliphatic carbocycles. The zero-order valence-electron chi connectivity index (χ0n) is 21.5. The lowest BCUT2D eigenvalue weighted by atomic mass is 9.70. The number of carbonyl (C=O) groups excluding carboxylic acids is 1. The molecule has 6 heteroatoms. The number of rotatable bonds is 10. The van der Waals surface area contributed by atoms with E-state index in [9.17, 15) is 9.90 Å². The fourth-order valence-corrected chi connectivity index (χ4v) is 5.31. The van der Waals surface area contributed by atoms with Crippen molar-refractivity contribution in [1.82, 2.24) is 0 Å². The standard InChI is InChI=1S/C29H38Cl2O4/c1-6-29(7-2,20-10-8-19(23(30)16-20)9-14-26(32)28(3,4)5)21-11-13-25(24(31)17-21)34-18-22-12-15-27(33)35-22/h8,10-11,13,16-17,22,26,32H,6-7,9,12,14-15,18H2,1-5H3/t22-,26-/m1/s1. The summed E-state index contributed by atoms with van der Waals surface area (Å²) < 4.78 is 11.1. The van der Waals surface area contributed by atoms with Crippen LogP contribution in [0.1, 0.15) is 83.4 Å². The predicted octanol–water partition coefficient (Wildman–Crippen LogP) is 7.52. The van der Waals surface area contributed by atoms with Gasteiger partial charge in [-0.15, -0.1) is 0 Å². The van der Waals surface area contributed by atoms with Gasteiger partial charge in [0.25, 0.3) is 0 Å². The number of hydrogen-bond acceptors (Lipinski definition) is 4. The molecule has 1 N–H and O–H groups in total. The molecular weight excluding hydrogens is 483 g/mol. The molecule has 4 nitrogen and oxygen atoms in total. The van der Waals surface area contributed by atoms with Crippen LogP contribution >= 0.6 is 23.2 Å². The Balaban J connectivity index is 1.80. The lowest BCUT2D eigenvalue weighted by Crippen LogP contribution is -2.27. The van der Waals surface area contributed by atoms with Gasteiger partial charge in [-0.1, -0.05) is 76.0 Å². The van der Waals surface area contributed by atoms with Crippen molar-refractivity contribution < 1.29 is 19.4 Å². The molecule has 2 atom stereocenters. The number of carbonyl (C=O) groups is 1. The zero-order chi connectivity index (χ0) is 25.8. The monoisotopic (exact) mass is 520 g/mol. The third kappa shape index (κ3) is 6.53. The second-order valence-electron chi connectivity index (χ2n) is 10.6. The van der Waals surface area contributed by atoms with Crippen molar-refractivity contribution in [3.05, 3.63) is 63.1 Å². The minimum absolute atomic E-state index is 0.150. The number of esters is 1. The van der Waals surface area contributed by atoms with E-state index in [1.165, 1.54) is 0 Å². The fourth-order valence-electron chi connectivity index (χ4n) is 4.80. The number of hydrogen-bond donors (Lipinski definition) is 1. The maximum atomic E-state index is 11.3. The highest BCUT2D eigenvalue weighted by molar-refractivity contribution is 6.32. The Labute approximate surface area is 219 Å². The van der Waals surface area contributed by atoms with E-state index in [0.29, 0.717) is 36.6 Å². The summed E-state index contributed by atoms with van der Waals surface area (Å²) in [5.74, 6) is 0.413. The summed E-state index contributed by atoms with van der Waals surface area (Å²) >= 11 is 13.4. The highest BCUT2D eigenvalue weighted by atomic mass is 35.5. The Morgan fingerprint density at radius 2 is 1.69 bits per heavy atom. The van der Waals surface area contributed by atoms with Crippen molar-refractivity contribution in [2.45, 2.75) is 90.8 Å². The molecule has 1 aliphatic rings. The lowest BCUT2D eigenvalue weighted by molar-refractivity contribution is -0.142. The van der Waals surface area contributed by atoms with Crippen molar-refractivity contribution in [3.8, 4) is 5.75 Å². The third-order valence-electron chi connectivity index (χ3n) is 7.38. The lowest BCUT2D eigenvalue weighted by Gasteiger charge is -2.34. The van der Waals surface area contributed by atoms with Crippen molar-refractivity contribution >= 4 is 29.2 Å². The molecule has 2 aromatic carbocycles. The van der Waals surface area contributed by atoms with Crippen LogP contribution in [0.15, 0.2) is 36.4 Å². The largest absolute Gasteiger partial charge is 0.488 e. The van der Waals surface area contributed by atoms with Crippen molar-refractivity contribution in [1.29, 1.82) is 0 Å². The van der Waals surface area contributed by atoms with Gasteiger partial charge in [-0.25, -0.2) is 0 Å². The molecule has 0 amide bonds. The summed E-state index contributed by atoms with van der Waals surface area (Å²) in [6.45, 7) is 10.8. The second-order valence-corrected chi connectivity index (χ2v) is 11.4. The molecule has 2 aromatic rings. The van der Waals surface area contributed by atoms with Crippen LogP contribution in [0.4, 0.5) is 0 Å². The highest BCUT2D eigenvalue weighted by Gasteiger charge is 2.32. The molecule has 1 fully saturated rings. The van der Waals surface area contributed by atoms with Gasteiger partial charge in [-0.3, -0.25) is 4.79 Å². The van der Waals surface area contributed by atoms with Crippen LogP contribution < -0.4 is 4.74 Å². The van der Waals surface area contributed by atoms with Gasteiger partial charge in [0.05, 0.1) is 11.1 Å². The average molecular weight is 522 g/mol. The first-order valence-corrected chi connectivity index (χ1v) is 13.3. The van der Waals surface area contributed by atoms with Crippen molar-refractivity contribution in [3.63, 3.8) is 0 Å². The van der Waals surface area contributed by atoms with Gasteiger partial charge in [-0.05, 0) is 72.4 Å². The summed E-state index contributed by atoms with van der Waals surface area (Å²) in [7, 11) is 0. The van der Waals surface area contributed by atoms with Crippen molar-refractivity contribution in [2.24, 2.45) is 5.41 Å². The van der Waals surface area contributed by atoms with Crippen LogP contribution in [0.3, 0.4) is 0 Å². The third-order valence-corrected chi connectivity index (χ3v) is 8.02.